The second-order valence-corrected chi connectivity index (χ2v) is 5.68. The predicted octanol–water partition coefficient (Wildman–Crippen LogP) is 3.59. The van der Waals surface area contributed by atoms with Crippen LogP contribution in [0.1, 0.15) is 21.7 Å². The molecule has 0 bridgehead atoms. The summed E-state index contributed by atoms with van der Waals surface area (Å²) in [7, 11) is 1.73. The summed E-state index contributed by atoms with van der Waals surface area (Å²) in [6.45, 7) is 2.19. The van der Waals surface area contributed by atoms with Gasteiger partial charge in [-0.3, -0.25) is 9.48 Å². The maximum atomic E-state index is 13.2. The monoisotopic (exact) mass is 339 g/mol. The van der Waals surface area contributed by atoms with Crippen molar-refractivity contribution in [2.24, 2.45) is 7.05 Å². The molecule has 0 spiro atoms. The van der Waals surface area contributed by atoms with Crippen LogP contribution in [0.25, 0.3) is 0 Å². The van der Waals surface area contributed by atoms with Gasteiger partial charge in [-0.25, -0.2) is 4.39 Å². The number of rotatable bonds is 5. The highest BCUT2D eigenvalue weighted by atomic mass is 19.1. The van der Waals surface area contributed by atoms with E-state index >= 15 is 0 Å². The predicted molar refractivity (Wildman–Crippen MR) is 92.0 cm³/mol. The zero-order valence-corrected chi connectivity index (χ0v) is 14.0. The molecule has 1 N–H and O–H groups in total. The summed E-state index contributed by atoms with van der Waals surface area (Å²) in [5.41, 5.74) is 2.17. The lowest BCUT2D eigenvalue weighted by Crippen LogP contribution is -2.25. The van der Waals surface area contributed by atoms with Crippen molar-refractivity contribution >= 4 is 5.91 Å². The van der Waals surface area contributed by atoms with Gasteiger partial charge in [0.15, 0.2) is 0 Å². The van der Waals surface area contributed by atoms with Gasteiger partial charge in [-0.2, -0.15) is 5.10 Å². The van der Waals surface area contributed by atoms with E-state index in [1.807, 2.05) is 19.1 Å². The fourth-order valence-electron chi connectivity index (χ4n) is 2.48. The molecular formula is C19H18FN3O2. The number of aromatic nitrogens is 2. The van der Waals surface area contributed by atoms with E-state index in [4.69, 9.17) is 4.74 Å². The smallest absolute Gasteiger partial charge is 0.269 e. The fourth-order valence-corrected chi connectivity index (χ4v) is 2.48. The summed E-state index contributed by atoms with van der Waals surface area (Å²) in [5.74, 6) is 0.451. The fraction of sp³-hybridized carbons (Fsp3) is 0.158. The number of hydrogen-bond donors (Lipinski definition) is 1. The first-order chi connectivity index (χ1) is 12.0. The van der Waals surface area contributed by atoms with E-state index in [0.29, 0.717) is 23.7 Å². The maximum absolute atomic E-state index is 13.2. The highest BCUT2D eigenvalue weighted by molar-refractivity contribution is 5.92. The Bertz CT molecular complexity index is 905. The third kappa shape index (κ3) is 4.23. The Morgan fingerprint density at radius 3 is 2.56 bits per heavy atom. The topological polar surface area (TPSA) is 56.1 Å². The minimum atomic E-state index is -0.354. The standard InChI is InChI=1S/C19H18FN3O2/c1-13-9-18(23(2)22-13)19(24)21-12-14-5-3-7-16(10-14)25-17-8-4-6-15(20)11-17/h3-11H,12H2,1-2H3,(H,21,24). The third-order valence-electron chi connectivity index (χ3n) is 3.62. The van der Waals surface area contributed by atoms with Crippen molar-refractivity contribution in [3.8, 4) is 11.5 Å². The summed E-state index contributed by atoms with van der Waals surface area (Å²) in [4.78, 5) is 12.2. The molecule has 128 valence electrons. The number of benzene rings is 2. The molecular weight excluding hydrogens is 321 g/mol. The Labute approximate surface area is 145 Å². The van der Waals surface area contributed by atoms with Gasteiger partial charge < -0.3 is 10.1 Å². The van der Waals surface area contributed by atoms with Crippen LogP contribution in [0.2, 0.25) is 0 Å². The Morgan fingerprint density at radius 2 is 1.88 bits per heavy atom. The molecule has 0 aliphatic carbocycles. The van der Waals surface area contributed by atoms with Crippen LogP contribution >= 0.6 is 0 Å². The van der Waals surface area contributed by atoms with E-state index in [1.165, 1.54) is 12.1 Å². The molecule has 0 unspecified atom stereocenters. The summed E-state index contributed by atoms with van der Waals surface area (Å²) in [6.07, 6.45) is 0. The van der Waals surface area contributed by atoms with Crippen LogP contribution in [0.5, 0.6) is 11.5 Å². The van der Waals surface area contributed by atoms with E-state index in [-0.39, 0.29) is 11.7 Å². The van der Waals surface area contributed by atoms with Crippen LogP contribution < -0.4 is 10.1 Å². The molecule has 1 aromatic heterocycles. The SMILES string of the molecule is Cc1cc(C(=O)NCc2cccc(Oc3cccc(F)c3)c2)n(C)n1. The van der Waals surface area contributed by atoms with Crippen molar-refractivity contribution in [1.82, 2.24) is 15.1 Å². The van der Waals surface area contributed by atoms with Gasteiger partial charge in [-0.05, 0) is 42.8 Å². The first-order valence-electron chi connectivity index (χ1n) is 7.82. The molecule has 0 saturated carbocycles. The number of amides is 1. The number of carbonyl (C=O) groups excluding carboxylic acids is 1. The maximum Gasteiger partial charge on any atom is 0.269 e. The Morgan fingerprint density at radius 1 is 1.16 bits per heavy atom. The van der Waals surface area contributed by atoms with Crippen molar-refractivity contribution in [1.29, 1.82) is 0 Å². The highest BCUT2D eigenvalue weighted by Crippen LogP contribution is 2.22. The number of nitrogens with one attached hydrogen (secondary N) is 1. The molecule has 1 heterocycles. The van der Waals surface area contributed by atoms with Gasteiger partial charge in [0.2, 0.25) is 0 Å². The summed E-state index contributed by atoms with van der Waals surface area (Å²) >= 11 is 0. The Balaban J connectivity index is 1.65. The molecule has 0 saturated heterocycles. The molecule has 5 nitrogen and oxygen atoms in total. The molecule has 0 aliphatic heterocycles. The van der Waals surface area contributed by atoms with Crippen molar-refractivity contribution < 1.29 is 13.9 Å². The minimum Gasteiger partial charge on any atom is -0.457 e. The first kappa shape index (κ1) is 16.7. The Hall–Kier alpha value is -3.15. The summed E-state index contributed by atoms with van der Waals surface area (Å²) in [5, 5.41) is 7.01. The normalized spacial score (nSPS) is 10.5. The number of carbonyl (C=O) groups is 1. The Kier molecular flexibility index (Phi) is 4.79. The van der Waals surface area contributed by atoms with Crippen LogP contribution in [0.3, 0.4) is 0 Å². The van der Waals surface area contributed by atoms with Crippen LogP contribution in [0.15, 0.2) is 54.6 Å². The highest BCUT2D eigenvalue weighted by Gasteiger charge is 2.11. The van der Waals surface area contributed by atoms with Crippen LogP contribution in [0.4, 0.5) is 4.39 Å². The molecule has 0 radical (unpaired) electrons. The second kappa shape index (κ2) is 7.17. The molecule has 0 fully saturated rings. The molecule has 6 heteroatoms. The average Bonchev–Trinajstić information content (AvgIpc) is 2.91. The molecule has 2 aromatic carbocycles. The number of aryl methyl sites for hydroxylation is 2. The molecule has 1 amide bonds. The van der Waals surface area contributed by atoms with E-state index in [9.17, 15) is 9.18 Å². The third-order valence-corrected chi connectivity index (χ3v) is 3.62. The average molecular weight is 339 g/mol. The first-order valence-corrected chi connectivity index (χ1v) is 7.82. The lowest BCUT2D eigenvalue weighted by atomic mass is 10.2. The molecule has 3 aromatic rings. The van der Waals surface area contributed by atoms with Crippen molar-refractivity contribution in [2.45, 2.75) is 13.5 Å². The van der Waals surface area contributed by atoms with E-state index in [0.717, 1.165) is 11.3 Å². The zero-order chi connectivity index (χ0) is 17.8. The van der Waals surface area contributed by atoms with Gasteiger partial charge in [-0.15, -0.1) is 0 Å². The van der Waals surface area contributed by atoms with Crippen LogP contribution in [0, 0.1) is 12.7 Å². The largest absolute Gasteiger partial charge is 0.457 e. The van der Waals surface area contributed by atoms with Gasteiger partial charge in [0, 0.05) is 19.7 Å². The van der Waals surface area contributed by atoms with Gasteiger partial charge >= 0.3 is 0 Å². The van der Waals surface area contributed by atoms with Crippen LogP contribution in [-0.2, 0) is 13.6 Å². The minimum absolute atomic E-state index is 0.195. The molecule has 3 rings (SSSR count). The van der Waals surface area contributed by atoms with Gasteiger partial charge in [0.05, 0.1) is 5.69 Å². The number of hydrogen-bond acceptors (Lipinski definition) is 3. The number of halogens is 1. The lowest BCUT2D eigenvalue weighted by molar-refractivity contribution is 0.0941. The van der Waals surface area contributed by atoms with Crippen molar-refractivity contribution in [2.75, 3.05) is 0 Å². The van der Waals surface area contributed by atoms with Gasteiger partial charge in [-0.1, -0.05) is 18.2 Å². The molecule has 0 atom stereocenters. The quantitative estimate of drug-likeness (QED) is 0.773. The van der Waals surface area contributed by atoms with Crippen LogP contribution in [-0.4, -0.2) is 15.7 Å². The van der Waals surface area contributed by atoms with Crippen molar-refractivity contribution in [3.05, 3.63) is 77.4 Å². The molecule has 0 aliphatic rings. The summed E-state index contributed by atoms with van der Waals surface area (Å²) in [6, 6.07) is 15.0. The molecule has 25 heavy (non-hydrogen) atoms. The second-order valence-electron chi connectivity index (χ2n) is 5.68. The lowest BCUT2D eigenvalue weighted by Gasteiger charge is -2.09. The van der Waals surface area contributed by atoms with E-state index in [1.54, 1.807) is 42.1 Å². The van der Waals surface area contributed by atoms with E-state index in [2.05, 4.69) is 10.4 Å². The van der Waals surface area contributed by atoms with Crippen molar-refractivity contribution in [3.63, 3.8) is 0 Å². The van der Waals surface area contributed by atoms with Gasteiger partial charge in [0.25, 0.3) is 5.91 Å². The van der Waals surface area contributed by atoms with E-state index < -0.39 is 0 Å². The zero-order valence-electron chi connectivity index (χ0n) is 14.0. The summed E-state index contributed by atoms with van der Waals surface area (Å²) < 4.78 is 20.4. The number of ether oxygens (including phenoxy) is 1. The van der Waals surface area contributed by atoms with Gasteiger partial charge in [0.1, 0.15) is 23.0 Å². The number of nitrogens with zero attached hydrogens (tertiary/aromatic N) is 2.